The van der Waals surface area contributed by atoms with E-state index in [0.29, 0.717) is 6.04 Å². The molecule has 1 aliphatic rings. The smallest absolute Gasteiger partial charge is 0.0871 e. The van der Waals surface area contributed by atoms with Crippen molar-refractivity contribution in [2.24, 2.45) is 0 Å². The fraction of sp³-hybridized carbons (Fsp3) is 0.389. The van der Waals surface area contributed by atoms with Gasteiger partial charge in [0.15, 0.2) is 0 Å². The molecular weight excluding hydrogens is 258 g/mol. The number of aromatic nitrogens is 2. The molecule has 1 aromatic carbocycles. The summed E-state index contributed by atoms with van der Waals surface area (Å²) >= 11 is 0. The number of rotatable bonds is 3. The highest BCUT2D eigenvalue weighted by atomic mass is 14.9. The van der Waals surface area contributed by atoms with Gasteiger partial charge in [-0.2, -0.15) is 0 Å². The first kappa shape index (κ1) is 12.8. The molecule has 21 heavy (non-hydrogen) atoms. The van der Waals surface area contributed by atoms with E-state index in [1.165, 1.54) is 43.2 Å². The zero-order valence-electron chi connectivity index (χ0n) is 12.3. The van der Waals surface area contributed by atoms with E-state index >= 15 is 0 Å². The van der Waals surface area contributed by atoms with E-state index in [4.69, 9.17) is 0 Å². The van der Waals surface area contributed by atoms with Crippen LogP contribution in [0.5, 0.6) is 0 Å². The molecule has 0 spiro atoms. The molecule has 1 saturated carbocycles. The van der Waals surface area contributed by atoms with Crippen molar-refractivity contribution in [3.05, 3.63) is 48.3 Å². The zero-order chi connectivity index (χ0) is 14.1. The summed E-state index contributed by atoms with van der Waals surface area (Å²) in [6, 6.07) is 11.5. The van der Waals surface area contributed by atoms with E-state index in [-0.39, 0.29) is 0 Å². The van der Waals surface area contributed by atoms with Crippen LogP contribution in [0.2, 0.25) is 0 Å². The van der Waals surface area contributed by atoms with Crippen LogP contribution < -0.4 is 5.32 Å². The second-order valence-corrected chi connectivity index (χ2v) is 6.10. The molecule has 0 radical (unpaired) electrons. The Balaban J connectivity index is 1.60. The van der Waals surface area contributed by atoms with E-state index in [9.17, 15) is 0 Å². The van der Waals surface area contributed by atoms with Crippen molar-refractivity contribution in [2.75, 3.05) is 0 Å². The Morgan fingerprint density at radius 3 is 2.95 bits per heavy atom. The lowest BCUT2D eigenvalue weighted by Gasteiger charge is -2.22. The van der Waals surface area contributed by atoms with Crippen LogP contribution in [-0.4, -0.2) is 15.4 Å². The van der Waals surface area contributed by atoms with Gasteiger partial charge in [-0.3, -0.25) is 4.98 Å². The van der Waals surface area contributed by atoms with Crippen molar-refractivity contribution in [1.82, 2.24) is 14.7 Å². The highest BCUT2D eigenvalue weighted by molar-refractivity contribution is 5.78. The highest BCUT2D eigenvalue weighted by Gasteiger charge is 2.12. The summed E-state index contributed by atoms with van der Waals surface area (Å²) in [6.07, 6.45) is 10.9. The van der Waals surface area contributed by atoms with E-state index in [0.717, 1.165) is 17.6 Å². The minimum absolute atomic E-state index is 0.704. The summed E-state index contributed by atoms with van der Waals surface area (Å²) in [5.74, 6) is 0. The molecule has 108 valence electrons. The van der Waals surface area contributed by atoms with E-state index in [2.05, 4.69) is 51.2 Å². The van der Waals surface area contributed by atoms with Gasteiger partial charge in [0.2, 0.25) is 0 Å². The first-order valence-corrected chi connectivity index (χ1v) is 7.98. The monoisotopic (exact) mass is 279 g/mol. The van der Waals surface area contributed by atoms with Gasteiger partial charge in [0.05, 0.1) is 22.7 Å². The van der Waals surface area contributed by atoms with Crippen LogP contribution in [0, 0.1) is 0 Å². The highest BCUT2D eigenvalue weighted by Crippen LogP contribution is 2.19. The molecule has 2 aromatic heterocycles. The van der Waals surface area contributed by atoms with Crippen LogP contribution in [0.25, 0.3) is 16.6 Å². The third kappa shape index (κ3) is 2.54. The van der Waals surface area contributed by atoms with Gasteiger partial charge in [0.1, 0.15) is 0 Å². The molecule has 3 nitrogen and oxygen atoms in total. The van der Waals surface area contributed by atoms with E-state index < -0.39 is 0 Å². The molecule has 4 rings (SSSR count). The lowest BCUT2D eigenvalue weighted by Crippen LogP contribution is -2.30. The van der Waals surface area contributed by atoms with Crippen LogP contribution in [-0.2, 0) is 6.54 Å². The maximum atomic E-state index is 4.53. The van der Waals surface area contributed by atoms with Crippen molar-refractivity contribution >= 4 is 16.6 Å². The molecule has 0 unspecified atom stereocenters. The van der Waals surface area contributed by atoms with Crippen molar-refractivity contribution in [2.45, 2.75) is 44.7 Å². The van der Waals surface area contributed by atoms with Gasteiger partial charge < -0.3 is 9.72 Å². The summed E-state index contributed by atoms with van der Waals surface area (Å²) in [5, 5.41) is 3.71. The lowest BCUT2D eigenvalue weighted by atomic mass is 9.95. The Kier molecular flexibility index (Phi) is 3.36. The van der Waals surface area contributed by atoms with Gasteiger partial charge >= 0.3 is 0 Å². The molecule has 1 aliphatic carbocycles. The Morgan fingerprint density at radius 2 is 2.05 bits per heavy atom. The fourth-order valence-electron chi connectivity index (χ4n) is 3.40. The topological polar surface area (TPSA) is 29.3 Å². The molecule has 0 atom stereocenters. The standard InChI is InChI=1S/C18H21N3/c1-2-5-15(6-3-1)19-12-14-8-9-17-18(11-14)21-10-4-7-16(21)13-20-17/h4,7-11,13,15,19H,1-3,5-6,12H2. The van der Waals surface area contributed by atoms with Crippen LogP contribution in [0.3, 0.4) is 0 Å². The lowest BCUT2D eigenvalue weighted by molar-refractivity contribution is 0.372. The summed E-state index contributed by atoms with van der Waals surface area (Å²) in [6.45, 7) is 0.957. The van der Waals surface area contributed by atoms with Crippen LogP contribution in [0.15, 0.2) is 42.7 Å². The fourth-order valence-corrected chi connectivity index (χ4v) is 3.40. The van der Waals surface area contributed by atoms with Gasteiger partial charge in [-0.25, -0.2) is 0 Å². The molecule has 0 amide bonds. The molecule has 3 aromatic rings. The number of nitrogens with one attached hydrogen (secondary N) is 1. The SMILES string of the molecule is c1cc2cnc3ccc(CNC4CCCCC4)cc3n2c1. The van der Waals surface area contributed by atoms with Gasteiger partial charge in [-0.05, 0) is 42.7 Å². The average Bonchev–Trinajstić information content (AvgIpc) is 3.03. The van der Waals surface area contributed by atoms with E-state index in [1.54, 1.807) is 0 Å². The molecule has 1 N–H and O–H groups in total. The van der Waals surface area contributed by atoms with Gasteiger partial charge in [0.25, 0.3) is 0 Å². The zero-order valence-corrected chi connectivity index (χ0v) is 12.3. The molecule has 0 aliphatic heterocycles. The summed E-state index contributed by atoms with van der Waals surface area (Å²) in [4.78, 5) is 4.53. The molecule has 1 fully saturated rings. The number of fused-ring (bicyclic) bond motifs is 3. The summed E-state index contributed by atoms with van der Waals surface area (Å²) in [5.41, 5.74) is 4.75. The van der Waals surface area contributed by atoms with E-state index in [1.807, 2.05) is 6.20 Å². The van der Waals surface area contributed by atoms with Gasteiger partial charge in [-0.15, -0.1) is 0 Å². The normalized spacial score (nSPS) is 16.8. The molecule has 0 saturated heterocycles. The maximum Gasteiger partial charge on any atom is 0.0871 e. The Labute approximate surface area is 125 Å². The van der Waals surface area contributed by atoms with Gasteiger partial charge in [-0.1, -0.05) is 25.3 Å². The predicted octanol–water partition coefficient (Wildman–Crippen LogP) is 3.91. The predicted molar refractivity (Wildman–Crippen MR) is 86.4 cm³/mol. The van der Waals surface area contributed by atoms with Crippen molar-refractivity contribution < 1.29 is 0 Å². The minimum atomic E-state index is 0.704. The Morgan fingerprint density at radius 1 is 1.14 bits per heavy atom. The molecule has 3 heteroatoms. The number of benzene rings is 1. The number of hydrogen-bond donors (Lipinski definition) is 1. The van der Waals surface area contributed by atoms with Crippen LogP contribution in [0.1, 0.15) is 37.7 Å². The summed E-state index contributed by atoms with van der Waals surface area (Å²) < 4.78 is 2.21. The second-order valence-electron chi connectivity index (χ2n) is 6.10. The third-order valence-corrected chi connectivity index (χ3v) is 4.62. The van der Waals surface area contributed by atoms with Gasteiger partial charge in [0, 0.05) is 18.8 Å². The third-order valence-electron chi connectivity index (χ3n) is 4.62. The van der Waals surface area contributed by atoms with Crippen LogP contribution in [0.4, 0.5) is 0 Å². The second kappa shape index (κ2) is 5.49. The number of hydrogen-bond acceptors (Lipinski definition) is 2. The quantitative estimate of drug-likeness (QED) is 0.787. The van der Waals surface area contributed by atoms with Crippen molar-refractivity contribution in [1.29, 1.82) is 0 Å². The average molecular weight is 279 g/mol. The maximum absolute atomic E-state index is 4.53. The first-order chi connectivity index (χ1) is 10.4. The largest absolute Gasteiger partial charge is 0.314 e. The Hall–Kier alpha value is -1.87. The summed E-state index contributed by atoms with van der Waals surface area (Å²) in [7, 11) is 0. The van der Waals surface area contributed by atoms with Crippen molar-refractivity contribution in [3.8, 4) is 0 Å². The Bertz CT molecular complexity index is 753. The van der Waals surface area contributed by atoms with Crippen LogP contribution >= 0.6 is 0 Å². The number of nitrogens with zero attached hydrogens (tertiary/aromatic N) is 2. The molecule has 2 heterocycles. The molecule has 0 bridgehead atoms. The van der Waals surface area contributed by atoms with Crippen molar-refractivity contribution in [3.63, 3.8) is 0 Å². The minimum Gasteiger partial charge on any atom is -0.314 e. The molecular formula is C18H21N3. The first-order valence-electron chi connectivity index (χ1n) is 7.98.